The smallest absolute Gasteiger partial charge is 0.136 e. The van der Waals surface area contributed by atoms with E-state index in [4.69, 9.17) is 4.42 Å². The Morgan fingerprint density at radius 1 is 0.364 bits per heavy atom. The third-order valence-corrected chi connectivity index (χ3v) is 14.4. The summed E-state index contributed by atoms with van der Waals surface area (Å²) in [6.07, 6.45) is 16.1. The Morgan fingerprint density at radius 2 is 0.924 bits per heavy atom. The van der Waals surface area contributed by atoms with Gasteiger partial charge in [-0.25, -0.2) is 0 Å². The van der Waals surface area contributed by atoms with Crippen LogP contribution in [0.1, 0.15) is 36.0 Å². The Hall–Kier alpha value is -8.20. The van der Waals surface area contributed by atoms with Crippen molar-refractivity contribution in [1.82, 2.24) is 4.57 Å². The van der Waals surface area contributed by atoms with Crippen LogP contribution in [0.4, 0.5) is 0 Å². The van der Waals surface area contributed by atoms with Gasteiger partial charge in [0.25, 0.3) is 0 Å². The topological polar surface area (TPSA) is 18.1 Å². The second-order valence-corrected chi connectivity index (χ2v) is 18.1. The van der Waals surface area contributed by atoms with Crippen molar-refractivity contribution in [3.63, 3.8) is 0 Å². The van der Waals surface area contributed by atoms with Crippen LogP contribution in [0.5, 0.6) is 0 Å². The van der Waals surface area contributed by atoms with Crippen LogP contribution in [0.2, 0.25) is 0 Å². The number of fused-ring (bicyclic) bond motifs is 10. The molecule has 0 fully saturated rings. The van der Waals surface area contributed by atoms with Crippen LogP contribution in [0.3, 0.4) is 0 Å². The van der Waals surface area contributed by atoms with E-state index in [2.05, 4.69) is 217 Å². The summed E-state index contributed by atoms with van der Waals surface area (Å²) in [6.45, 7) is 0. The largest absolute Gasteiger partial charge is 0.456 e. The second-order valence-electron chi connectivity index (χ2n) is 18.1. The molecule has 2 heterocycles. The van der Waals surface area contributed by atoms with Crippen molar-refractivity contribution in [3.05, 3.63) is 223 Å². The molecule has 0 N–H and O–H groups in total. The molecule has 0 amide bonds. The van der Waals surface area contributed by atoms with Crippen LogP contribution >= 0.6 is 0 Å². The fraction of sp³-hybridized carbons (Fsp3) is 0.0625. The highest BCUT2D eigenvalue weighted by atomic mass is 16.3. The maximum absolute atomic E-state index is 6.81. The van der Waals surface area contributed by atoms with Gasteiger partial charge in [-0.15, -0.1) is 0 Å². The van der Waals surface area contributed by atoms with E-state index in [9.17, 15) is 0 Å². The van der Waals surface area contributed by atoms with Gasteiger partial charge in [0.15, 0.2) is 0 Å². The van der Waals surface area contributed by atoms with E-state index >= 15 is 0 Å². The first kappa shape index (κ1) is 37.2. The Bertz CT molecular complexity index is 4040. The normalized spacial score (nSPS) is 13.8. The molecular weight excluding hydrogens is 799 g/mol. The van der Waals surface area contributed by atoms with E-state index in [0.29, 0.717) is 0 Å². The molecule has 2 aliphatic rings. The summed E-state index contributed by atoms with van der Waals surface area (Å²) in [5, 5.41) is 12.3. The van der Waals surface area contributed by atoms with Gasteiger partial charge in [0.2, 0.25) is 0 Å². The monoisotopic (exact) mass is 841 g/mol. The van der Waals surface area contributed by atoms with Gasteiger partial charge in [0.05, 0.1) is 11.0 Å². The lowest BCUT2D eigenvalue weighted by molar-refractivity contribution is 0.669. The molecular formula is C64H43NO. The number of aromatic nitrogens is 1. The number of hydrogen-bond donors (Lipinski definition) is 0. The molecule has 0 aliphatic heterocycles. The number of allylic oxidation sites excluding steroid dienone is 5. The lowest BCUT2D eigenvalue weighted by atomic mass is 9.79. The fourth-order valence-corrected chi connectivity index (χ4v) is 11.6. The summed E-state index contributed by atoms with van der Waals surface area (Å²) in [5.41, 5.74) is 18.3. The van der Waals surface area contributed by atoms with E-state index in [1.807, 2.05) is 0 Å². The zero-order valence-electron chi connectivity index (χ0n) is 36.4. The Kier molecular flexibility index (Phi) is 8.27. The van der Waals surface area contributed by atoms with Gasteiger partial charge in [0, 0.05) is 27.2 Å². The summed E-state index contributed by atoms with van der Waals surface area (Å²) in [5.74, 6) is 0. The molecule has 2 aliphatic carbocycles. The first-order chi connectivity index (χ1) is 32.8. The molecule has 2 aromatic heterocycles. The van der Waals surface area contributed by atoms with Crippen LogP contribution in [-0.4, -0.2) is 4.57 Å². The molecule has 0 bridgehead atoms. The van der Waals surface area contributed by atoms with Crippen LogP contribution in [0.25, 0.3) is 127 Å². The molecule has 310 valence electrons. The summed E-state index contributed by atoms with van der Waals surface area (Å²) >= 11 is 0. The molecule has 10 aromatic carbocycles. The maximum atomic E-state index is 6.81. The standard InChI is InChI=1S/C64H43NO/c1-3-17-40(18-4-1)61-48-22-7-9-24-50(48)62(51-25-10-8-23-49(51)61)41-33-36-59-56(37-41)47-35-32-43(39-60(47)66-59)64-54-28-13-11-26-52(54)63(53-27-12-14-29-55(53)64)42-31-34-46-45-21-15-16-30-57(45)65(58(46)38-42)44-19-5-2-6-20-44/h2-3,5-9,11-24,26-39H,1,4,10,25H2. The first-order valence-electron chi connectivity index (χ1n) is 23.4. The number of benzene rings is 10. The van der Waals surface area contributed by atoms with Gasteiger partial charge >= 0.3 is 0 Å². The molecule has 66 heavy (non-hydrogen) atoms. The number of furan rings is 1. The highest BCUT2D eigenvalue weighted by Gasteiger charge is 2.24. The summed E-state index contributed by atoms with van der Waals surface area (Å²) in [7, 11) is 0. The molecule has 14 rings (SSSR count). The minimum atomic E-state index is 0.900. The van der Waals surface area contributed by atoms with E-state index in [1.54, 1.807) is 0 Å². The predicted molar refractivity (Wildman–Crippen MR) is 281 cm³/mol. The molecule has 0 atom stereocenters. The average molecular weight is 842 g/mol. The van der Waals surface area contributed by atoms with Crippen molar-refractivity contribution in [1.29, 1.82) is 0 Å². The van der Waals surface area contributed by atoms with Crippen molar-refractivity contribution in [3.8, 4) is 39.1 Å². The lowest BCUT2D eigenvalue weighted by Gasteiger charge is -2.24. The molecule has 12 aromatic rings. The number of nitrogens with zero attached hydrogens (tertiary/aromatic N) is 1. The van der Waals surface area contributed by atoms with Crippen LogP contribution in [0, 0.1) is 0 Å². The van der Waals surface area contributed by atoms with Crippen LogP contribution < -0.4 is 0 Å². The van der Waals surface area contributed by atoms with Gasteiger partial charge in [-0.3, -0.25) is 0 Å². The molecule has 0 saturated heterocycles. The lowest BCUT2D eigenvalue weighted by Crippen LogP contribution is -2.04. The van der Waals surface area contributed by atoms with Crippen molar-refractivity contribution in [2.45, 2.75) is 25.7 Å². The van der Waals surface area contributed by atoms with Gasteiger partial charge in [-0.2, -0.15) is 0 Å². The molecule has 0 spiro atoms. The number of rotatable bonds is 5. The van der Waals surface area contributed by atoms with Gasteiger partial charge in [-0.05, 0) is 162 Å². The van der Waals surface area contributed by atoms with Crippen molar-refractivity contribution in [2.75, 3.05) is 0 Å². The van der Waals surface area contributed by atoms with Gasteiger partial charge in [-0.1, -0.05) is 164 Å². The zero-order valence-corrected chi connectivity index (χ0v) is 36.4. The second kappa shape index (κ2) is 14.7. The molecule has 2 heteroatoms. The summed E-state index contributed by atoms with van der Waals surface area (Å²) in [6, 6.07) is 67.2. The Balaban J connectivity index is 0.941. The summed E-state index contributed by atoms with van der Waals surface area (Å²) in [4.78, 5) is 0. The third-order valence-electron chi connectivity index (χ3n) is 14.4. The minimum absolute atomic E-state index is 0.900. The van der Waals surface area contributed by atoms with E-state index in [1.165, 1.54) is 104 Å². The quantitative estimate of drug-likeness (QED) is 0.158. The van der Waals surface area contributed by atoms with E-state index < -0.39 is 0 Å². The predicted octanol–water partition coefficient (Wildman–Crippen LogP) is 17.8. The Morgan fingerprint density at radius 3 is 1.62 bits per heavy atom. The van der Waals surface area contributed by atoms with Gasteiger partial charge in [0.1, 0.15) is 11.2 Å². The highest BCUT2D eigenvalue weighted by Crippen LogP contribution is 2.48. The Labute approximate surface area is 382 Å². The van der Waals surface area contributed by atoms with E-state index in [-0.39, 0.29) is 0 Å². The molecule has 0 saturated carbocycles. The van der Waals surface area contributed by atoms with Crippen molar-refractivity contribution < 1.29 is 4.42 Å². The van der Waals surface area contributed by atoms with Gasteiger partial charge < -0.3 is 8.98 Å². The molecule has 2 nitrogen and oxygen atoms in total. The van der Waals surface area contributed by atoms with Crippen LogP contribution in [-0.2, 0) is 6.42 Å². The zero-order chi connectivity index (χ0) is 43.3. The first-order valence-corrected chi connectivity index (χ1v) is 23.4. The van der Waals surface area contributed by atoms with E-state index in [0.717, 1.165) is 58.9 Å². The minimum Gasteiger partial charge on any atom is -0.456 e. The average Bonchev–Trinajstić information content (AvgIpc) is 3.92. The number of hydrogen-bond acceptors (Lipinski definition) is 1. The third kappa shape index (κ3) is 5.55. The maximum Gasteiger partial charge on any atom is 0.136 e. The number of para-hydroxylation sites is 2. The highest BCUT2D eigenvalue weighted by molar-refractivity contribution is 6.23. The van der Waals surface area contributed by atoms with Crippen LogP contribution in [0.15, 0.2) is 211 Å². The SMILES string of the molecule is C1=CC(c2c3c(c(-c4ccc5oc6cc(-c7c8ccccc8c(-c8ccc9c%10ccccc%10n(-c%10ccccc%10)c9c8)c8ccccc78)ccc6c5c4)c4ccccc24)CCC=C3)=CCC1. The van der Waals surface area contributed by atoms with Crippen molar-refractivity contribution >= 4 is 87.7 Å². The summed E-state index contributed by atoms with van der Waals surface area (Å²) < 4.78 is 9.22. The fourth-order valence-electron chi connectivity index (χ4n) is 11.6. The molecule has 0 radical (unpaired) electrons. The molecule has 0 unspecified atom stereocenters. The van der Waals surface area contributed by atoms with Crippen molar-refractivity contribution in [2.24, 2.45) is 0 Å².